The van der Waals surface area contributed by atoms with Gasteiger partial charge < -0.3 is 10.5 Å². The summed E-state index contributed by atoms with van der Waals surface area (Å²) in [4.78, 5) is 4.91. The van der Waals surface area contributed by atoms with Crippen molar-refractivity contribution in [2.75, 3.05) is 17.6 Å². The second-order valence-corrected chi connectivity index (χ2v) is 9.05. The minimum atomic E-state index is -3.78. The number of rotatable bonds is 6. The molecule has 0 saturated carbocycles. The molecule has 0 aliphatic heterocycles. The highest BCUT2D eigenvalue weighted by molar-refractivity contribution is 7.92. The van der Waals surface area contributed by atoms with E-state index < -0.39 is 10.0 Å². The summed E-state index contributed by atoms with van der Waals surface area (Å²) in [5.74, 6) is 1.01. The summed E-state index contributed by atoms with van der Waals surface area (Å²) in [5.41, 5.74) is 9.32. The highest BCUT2D eigenvalue weighted by atomic mass is 32.2. The van der Waals surface area contributed by atoms with Crippen LogP contribution in [0.2, 0.25) is 0 Å². The SMILES string of the molecule is COc1ccc(-c2ccn3nc(N)c(C(C)C)c3n2)cc1NS(=O)(=O)c1ccccc1. The third kappa shape index (κ3) is 3.91. The Morgan fingerprint density at radius 2 is 1.84 bits per heavy atom. The van der Waals surface area contributed by atoms with Crippen LogP contribution in [-0.4, -0.2) is 30.1 Å². The highest BCUT2D eigenvalue weighted by Gasteiger charge is 2.19. The molecule has 0 aliphatic carbocycles. The molecule has 4 rings (SSSR count). The zero-order valence-electron chi connectivity index (χ0n) is 17.4. The summed E-state index contributed by atoms with van der Waals surface area (Å²) in [5, 5.41) is 4.32. The van der Waals surface area contributed by atoms with E-state index in [0.29, 0.717) is 28.6 Å². The molecular weight excluding hydrogens is 414 g/mol. The predicted molar refractivity (Wildman–Crippen MR) is 121 cm³/mol. The van der Waals surface area contributed by atoms with Gasteiger partial charge in [-0.05, 0) is 42.3 Å². The molecule has 0 aliphatic rings. The maximum atomic E-state index is 12.8. The molecule has 160 valence electrons. The number of aromatic nitrogens is 3. The van der Waals surface area contributed by atoms with Crippen LogP contribution in [0, 0.1) is 0 Å². The average molecular weight is 438 g/mol. The van der Waals surface area contributed by atoms with Gasteiger partial charge in [-0.1, -0.05) is 32.0 Å². The number of nitrogens with one attached hydrogen (secondary N) is 1. The molecule has 8 nitrogen and oxygen atoms in total. The van der Waals surface area contributed by atoms with Gasteiger partial charge in [0.1, 0.15) is 5.75 Å². The van der Waals surface area contributed by atoms with Crippen LogP contribution in [0.25, 0.3) is 16.9 Å². The van der Waals surface area contributed by atoms with Crippen molar-refractivity contribution < 1.29 is 13.2 Å². The second kappa shape index (κ2) is 7.92. The molecular formula is C22H23N5O3S. The summed E-state index contributed by atoms with van der Waals surface area (Å²) in [6.07, 6.45) is 1.79. The minimum Gasteiger partial charge on any atom is -0.495 e. The molecule has 2 heterocycles. The van der Waals surface area contributed by atoms with Crippen molar-refractivity contribution in [2.45, 2.75) is 24.7 Å². The predicted octanol–water partition coefficient (Wildman–Crippen LogP) is 3.91. The van der Waals surface area contributed by atoms with E-state index in [-0.39, 0.29) is 10.8 Å². The first-order valence-electron chi connectivity index (χ1n) is 9.71. The highest BCUT2D eigenvalue weighted by Crippen LogP contribution is 2.33. The zero-order valence-corrected chi connectivity index (χ0v) is 18.2. The van der Waals surface area contributed by atoms with Crippen molar-refractivity contribution >= 4 is 27.2 Å². The summed E-state index contributed by atoms with van der Waals surface area (Å²) in [6, 6.07) is 15.2. The fourth-order valence-electron chi connectivity index (χ4n) is 3.43. The number of ether oxygens (including phenoxy) is 1. The van der Waals surface area contributed by atoms with Gasteiger partial charge in [-0.15, -0.1) is 5.10 Å². The van der Waals surface area contributed by atoms with Gasteiger partial charge in [0.2, 0.25) is 0 Å². The van der Waals surface area contributed by atoms with Crippen molar-refractivity contribution in [3.63, 3.8) is 0 Å². The van der Waals surface area contributed by atoms with Crippen molar-refractivity contribution in [1.29, 1.82) is 0 Å². The minimum absolute atomic E-state index is 0.157. The molecule has 9 heteroatoms. The summed E-state index contributed by atoms with van der Waals surface area (Å²) < 4.78 is 35.2. The van der Waals surface area contributed by atoms with Crippen LogP contribution in [0.1, 0.15) is 25.3 Å². The zero-order chi connectivity index (χ0) is 22.2. The lowest BCUT2D eigenvalue weighted by molar-refractivity contribution is 0.417. The topological polar surface area (TPSA) is 112 Å². The molecule has 0 spiro atoms. The average Bonchev–Trinajstić information content (AvgIpc) is 3.09. The van der Waals surface area contributed by atoms with E-state index in [0.717, 1.165) is 11.1 Å². The van der Waals surface area contributed by atoms with Crippen LogP contribution in [-0.2, 0) is 10.0 Å². The fraction of sp³-hybridized carbons (Fsp3) is 0.182. The molecule has 0 fully saturated rings. The van der Waals surface area contributed by atoms with Crippen molar-refractivity contribution in [2.24, 2.45) is 0 Å². The number of sulfonamides is 1. The smallest absolute Gasteiger partial charge is 0.262 e. The number of nitrogen functional groups attached to an aromatic ring is 1. The molecule has 3 N–H and O–H groups in total. The van der Waals surface area contributed by atoms with Crippen LogP contribution in [0.4, 0.5) is 11.5 Å². The number of anilines is 2. The second-order valence-electron chi connectivity index (χ2n) is 7.37. The summed E-state index contributed by atoms with van der Waals surface area (Å²) >= 11 is 0. The Morgan fingerprint density at radius 3 is 2.52 bits per heavy atom. The van der Waals surface area contributed by atoms with Crippen molar-refractivity contribution in [3.05, 3.63) is 66.4 Å². The molecule has 2 aromatic heterocycles. The van der Waals surface area contributed by atoms with Crippen LogP contribution in [0.15, 0.2) is 65.7 Å². The maximum Gasteiger partial charge on any atom is 0.262 e. The first-order valence-corrected chi connectivity index (χ1v) is 11.2. The molecule has 31 heavy (non-hydrogen) atoms. The third-order valence-electron chi connectivity index (χ3n) is 4.92. The van der Waals surface area contributed by atoms with Gasteiger partial charge in [0, 0.05) is 17.3 Å². The number of benzene rings is 2. The van der Waals surface area contributed by atoms with E-state index in [4.69, 9.17) is 15.5 Å². The first-order chi connectivity index (χ1) is 14.8. The third-order valence-corrected chi connectivity index (χ3v) is 6.30. The van der Waals surface area contributed by atoms with Gasteiger partial charge in [0.05, 0.1) is 23.4 Å². The number of fused-ring (bicyclic) bond motifs is 1. The maximum absolute atomic E-state index is 12.8. The Morgan fingerprint density at radius 1 is 1.10 bits per heavy atom. The lowest BCUT2D eigenvalue weighted by atomic mass is 10.1. The Labute approximate surface area is 180 Å². The van der Waals surface area contributed by atoms with Crippen LogP contribution < -0.4 is 15.2 Å². The molecule has 0 radical (unpaired) electrons. The number of nitrogens with zero attached hydrogens (tertiary/aromatic N) is 3. The van der Waals surface area contributed by atoms with E-state index >= 15 is 0 Å². The van der Waals surface area contributed by atoms with E-state index in [1.54, 1.807) is 47.1 Å². The monoisotopic (exact) mass is 437 g/mol. The van der Waals surface area contributed by atoms with E-state index in [2.05, 4.69) is 9.82 Å². The van der Waals surface area contributed by atoms with E-state index in [9.17, 15) is 8.42 Å². The molecule has 0 amide bonds. The lowest BCUT2D eigenvalue weighted by Crippen LogP contribution is -2.13. The van der Waals surface area contributed by atoms with Crippen LogP contribution in [0.5, 0.6) is 5.75 Å². The number of hydrogen-bond acceptors (Lipinski definition) is 6. The van der Waals surface area contributed by atoms with Gasteiger partial charge >= 0.3 is 0 Å². The molecule has 0 saturated heterocycles. The lowest BCUT2D eigenvalue weighted by Gasteiger charge is -2.13. The van der Waals surface area contributed by atoms with Gasteiger partial charge in [0.25, 0.3) is 10.0 Å². The normalized spacial score (nSPS) is 11.7. The van der Waals surface area contributed by atoms with E-state index in [1.165, 1.54) is 19.2 Å². The molecule has 4 aromatic rings. The largest absolute Gasteiger partial charge is 0.495 e. The van der Waals surface area contributed by atoms with Gasteiger partial charge in [-0.2, -0.15) is 0 Å². The Balaban J connectivity index is 1.78. The number of hydrogen-bond donors (Lipinski definition) is 2. The summed E-state index contributed by atoms with van der Waals surface area (Å²) in [6.45, 7) is 4.07. The molecule has 0 atom stereocenters. The Bertz CT molecular complexity index is 1350. The van der Waals surface area contributed by atoms with Crippen molar-refractivity contribution in [1.82, 2.24) is 14.6 Å². The summed E-state index contributed by atoms with van der Waals surface area (Å²) in [7, 11) is -2.29. The molecule has 0 unspecified atom stereocenters. The van der Waals surface area contributed by atoms with Gasteiger partial charge in [0.15, 0.2) is 11.5 Å². The Hall–Kier alpha value is -3.59. The number of methoxy groups -OCH3 is 1. The standard InChI is InChI=1S/C22H23N5O3S/c1-14(2)20-21(23)25-27-12-11-17(24-22(20)27)15-9-10-19(30-3)18(13-15)26-31(28,29)16-7-5-4-6-8-16/h4-14,26H,1-3H3,(H2,23,25). The van der Waals surface area contributed by atoms with Crippen LogP contribution in [0.3, 0.4) is 0 Å². The Kier molecular flexibility index (Phi) is 5.28. The van der Waals surface area contributed by atoms with Gasteiger partial charge in [-0.25, -0.2) is 17.9 Å². The molecule has 2 aromatic carbocycles. The van der Waals surface area contributed by atoms with E-state index in [1.807, 2.05) is 19.9 Å². The van der Waals surface area contributed by atoms with Crippen LogP contribution >= 0.6 is 0 Å². The number of nitrogens with two attached hydrogens (primary N) is 1. The van der Waals surface area contributed by atoms with Gasteiger partial charge in [-0.3, -0.25) is 4.72 Å². The van der Waals surface area contributed by atoms with Crippen molar-refractivity contribution in [3.8, 4) is 17.0 Å². The molecule has 0 bridgehead atoms. The first kappa shape index (κ1) is 20.7. The quantitative estimate of drug-likeness (QED) is 0.473. The fourth-order valence-corrected chi connectivity index (χ4v) is 4.51.